The van der Waals surface area contributed by atoms with E-state index in [9.17, 15) is 9.59 Å². The van der Waals surface area contributed by atoms with Crippen LogP contribution < -0.4 is 10.1 Å². The molecule has 2 aromatic rings. The third kappa shape index (κ3) is 4.64. The SMILES string of the molecule is CCOc1ccc(C(=O)Nc2sc3c(c2C(=O)OC)CCC(C(C)(C)C)C3)cc1. The van der Waals surface area contributed by atoms with Gasteiger partial charge in [-0.3, -0.25) is 4.79 Å². The second kappa shape index (κ2) is 8.57. The molecule has 1 aliphatic carbocycles. The minimum atomic E-state index is -0.390. The smallest absolute Gasteiger partial charge is 0.341 e. The van der Waals surface area contributed by atoms with Crippen molar-refractivity contribution in [2.45, 2.75) is 47.0 Å². The van der Waals surface area contributed by atoms with Gasteiger partial charge in [-0.15, -0.1) is 11.3 Å². The van der Waals surface area contributed by atoms with Crippen molar-refractivity contribution in [1.29, 1.82) is 0 Å². The molecule has 3 rings (SSSR count). The van der Waals surface area contributed by atoms with Crippen molar-refractivity contribution in [3.63, 3.8) is 0 Å². The van der Waals surface area contributed by atoms with Crippen LogP contribution in [0, 0.1) is 11.3 Å². The summed E-state index contributed by atoms with van der Waals surface area (Å²) in [6.07, 6.45) is 2.78. The summed E-state index contributed by atoms with van der Waals surface area (Å²) in [5.41, 5.74) is 2.27. The molecule has 29 heavy (non-hydrogen) atoms. The summed E-state index contributed by atoms with van der Waals surface area (Å²) in [5.74, 6) is 0.635. The van der Waals surface area contributed by atoms with Gasteiger partial charge in [0.2, 0.25) is 0 Å². The van der Waals surface area contributed by atoms with Crippen LogP contribution in [0.4, 0.5) is 5.00 Å². The molecule has 156 valence electrons. The van der Waals surface area contributed by atoms with Gasteiger partial charge in [0.25, 0.3) is 5.91 Å². The molecule has 1 aliphatic rings. The minimum Gasteiger partial charge on any atom is -0.494 e. The van der Waals surface area contributed by atoms with Crippen molar-refractivity contribution in [1.82, 2.24) is 0 Å². The predicted molar refractivity (Wildman–Crippen MR) is 116 cm³/mol. The fourth-order valence-corrected chi connectivity index (χ4v) is 5.09. The van der Waals surface area contributed by atoms with Gasteiger partial charge in [0.1, 0.15) is 10.8 Å². The Hall–Kier alpha value is -2.34. The Bertz CT molecular complexity index is 893. The lowest BCUT2D eigenvalue weighted by Crippen LogP contribution is -2.26. The molecule has 0 aliphatic heterocycles. The average Bonchev–Trinajstić information content (AvgIpc) is 3.04. The number of benzene rings is 1. The minimum absolute atomic E-state index is 0.207. The summed E-state index contributed by atoms with van der Waals surface area (Å²) in [7, 11) is 1.38. The van der Waals surface area contributed by atoms with Gasteiger partial charge in [-0.05, 0) is 67.3 Å². The molecule has 0 fully saturated rings. The van der Waals surface area contributed by atoms with Crippen LogP contribution in [-0.2, 0) is 17.6 Å². The van der Waals surface area contributed by atoms with Crippen molar-refractivity contribution >= 4 is 28.2 Å². The normalized spacial score (nSPS) is 16.1. The highest BCUT2D eigenvalue weighted by atomic mass is 32.1. The topological polar surface area (TPSA) is 64.6 Å². The Morgan fingerprint density at radius 2 is 1.90 bits per heavy atom. The van der Waals surface area contributed by atoms with E-state index < -0.39 is 5.97 Å². The first-order valence-electron chi connectivity index (χ1n) is 10.0. The second-order valence-corrected chi connectivity index (χ2v) is 9.52. The first kappa shape index (κ1) is 21.4. The number of anilines is 1. The molecule has 1 heterocycles. The average molecular weight is 416 g/mol. The molecule has 0 spiro atoms. The number of thiophene rings is 1. The standard InChI is InChI=1S/C23H29NO4S/c1-6-28-16-10-7-14(8-11-16)20(25)24-21-19(22(26)27-5)17-12-9-15(23(2,3)4)13-18(17)29-21/h7-8,10-11,15H,6,9,12-13H2,1-5H3,(H,24,25). The molecule has 1 atom stereocenters. The molecule has 5 nitrogen and oxygen atoms in total. The summed E-state index contributed by atoms with van der Waals surface area (Å²) in [6.45, 7) is 9.26. The highest BCUT2D eigenvalue weighted by Crippen LogP contribution is 2.44. The van der Waals surface area contributed by atoms with Crippen LogP contribution in [-0.4, -0.2) is 25.6 Å². The number of carbonyl (C=O) groups excluding carboxylic acids is 2. The largest absolute Gasteiger partial charge is 0.494 e. The van der Waals surface area contributed by atoms with Crippen LogP contribution in [0.3, 0.4) is 0 Å². The molecular weight excluding hydrogens is 386 g/mol. The lowest BCUT2D eigenvalue weighted by Gasteiger charge is -2.33. The number of carbonyl (C=O) groups is 2. The summed E-state index contributed by atoms with van der Waals surface area (Å²) in [6, 6.07) is 6.99. The number of fused-ring (bicyclic) bond motifs is 1. The fraction of sp³-hybridized carbons (Fsp3) is 0.478. The molecule has 1 N–H and O–H groups in total. The maximum atomic E-state index is 12.8. The lowest BCUT2D eigenvalue weighted by atomic mass is 9.72. The van der Waals surface area contributed by atoms with Gasteiger partial charge in [0.15, 0.2) is 0 Å². The van der Waals surface area contributed by atoms with Crippen LogP contribution in [0.25, 0.3) is 0 Å². The Balaban J connectivity index is 1.88. The number of esters is 1. The first-order valence-corrected chi connectivity index (χ1v) is 10.8. The van der Waals surface area contributed by atoms with E-state index in [0.717, 1.165) is 30.6 Å². The third-order valence-electron chi connectivity index (χ3n) is 5.53. The molecule has 0 saturated carbocycles. The summed E-state index contributed by atoms with van der Waals surface area (Å²) >= 11 is 1.50. The third-order valence-corrected chi connectivity index (χ3v) is 6.70. The Morgan fingerprint density at radius 3 is 2.48 bits per heavy atom. The Morgan fingerprint density at radius 1 is 1.21 bits per heavy atom. The van der Waals surface area contributed by atoms with E-state index in [1.54, 1.807) is 24.3 Å². The van der Waals surface area contributed by atoms with E-state index in [1.807, 2.05) is 6.92 Å². The van der Waals surface area contributed by atoms with Gasteiger partial charge in [0.05, 0.1) is 19.3 Å². The van der Waals surface area contributed by atoms with Crippen LogP contribution in [0.5, 0.6) is 5.75 Å². The highest BCUT2D eigenvalue weighted by molar-refractivity contribution is 7.17. The molecule has 0 bridgehead atoms. The Kier molecular flexibility index (Phi) is 6.32. The number of methoxy groups -OCH3 is 1. The van der Waals surface area contributed by atoms with E-state index in [2.05, 4.69) is 26.1 Å². The number of hydrogen-bond acceptors (Lipinski definition) is 5. The molecule has 1 aromatic heterocycles. The number of rotatable bonds is 5. The van der Waals surface area contributed by atoms with Gasteiger partial charge in [-0.2, -0.15) is 0 Å². The molecule has 1 unspecified atom stereocenters. The maximum absolute atomic E-state index is 12.8. The zero-order valence-corrected chi connectivity index (χ0v) is 18.6. The van der Waals surface area contributed by atoms with Gasteiger partial charge in [-0.1, -0.05) is 20.8 Å². The number of nitrogens with one attached hydrogen (secondary N) is 1. The summed E-state index contributed by atoms with van der Waals surface area (Å²) in [4.78, 5) is 26.5. The first-order chi connectivity index (χ1) is 13.7. The molecular formula is C23H29NO4S. The van der Waals surface area contributed by atoms with Gasteiger partial charge >= 0.3 is 5.97 Å². The molecule has 6 heteroatoms. The van der Waals surface area contributed by atoms with Crippen molar-refractivity contribution in [2.24, 2.45) is 11.3 Å². The van der Waals surface area contributed by atoms with E-state index in [4.69, 9.17) is 9.47 Å². The predicted octanol–water partition coefficient (Wildman–Crippen LogP) is 5.34. The quantitative estimate of drug-likeness (QED) is 0.670. The summed E-state index contributed by atoms with van der Waals surface area (Å²) in [5, 5.41) is 3.52. The van der Waals surface area contributed by atoms with Crippen molar-refractivity contribution in [2.75, 3.05) is 19.0 Å². The monoisotopic (exact) mass is 415 g/mol. The lowest BCUT2D eigenvalue weighted by molar-refractivity contribution is 0.0600. The number of hydrogen-bond donors (Lipinski definition) is 1. The number of amides is 1. The van der Waals surface area contributed by atoms with Crippen LogP contribution >= 0.6 is 11.3 Å². The van der Waals surface area contributed by atoms with E-state index >= 15 is 0 Å². The molecule has 1 amide bonds. The molecule has 0 radical (unpaired) electrons. The van der Waals surface area contributed by atoms with Crippen molar-refractivity contribution in [3.05, 3.63) is 45.8 Å². The van der Waals surface area contributed by atoms with Crippen molar-refractivity contribution < 1.29 is 19.1 Å². The van der Waals surface area contributed by atoms with Gasteiger partial charge in [0, 0.05) is 10.4 Å². The van der Waals surface area contributed by atoms with Crippen LogP contribution in [0.2, 0.25) is 0 Å². The molecule has 1 aromatic carbocycles. The second-order valence-electron chi connectivity index (χ2n) is 8.42. The summed E-state index contributed by atoms with van der Waals surface area (Å²) < 4.78 is 10.5. The zero-order chi connectivity index (χ0) is 21.2. The Labute approximate surface area is 176 Å². The van der Waals surface area contributed by atoms with Gasteiger partial charge < -0.3 is 14.8 Å². The molecule has 0 saturated heterocycles. The fourth-order valence-electron chi connectivity index (χ4n) is 3.78. The number of ether oxygens (including phenoxy) is 2. The zero-order valence-electron chi connectivity index (χ0n) is 17.8. The van der Waals surface area contributed by atoms with E-state index in [-0.39, 0.29) is 11.3 Å². The van der Waals surface area contributed by atoms with Gasteiger partial charge in [-0.25, -0.2) is 4.79 Å². The maximum Gasteiger partial charge on any atom is 0.341 e. The van der Waals surface area contributed by atoms with Crippen LogP contribution in [0.1, 0.15) is 65.3 Å². The van der Waals surface area contributed by atoms with Crippen molar-refractivity contribution in [3.8, 4) is 5.75 Å². The van der Waals surface area contributed by atoms with Crippen LogP contribution in [0.15, 0.2) is 24.3 Å². The highest BCUT2D eigenvalue weighted by Gasteiger charge is 2.34. The van der Waals surface area contributed by atoms with E-state index in [1.165, 1.54) is 23.3 Å². The van der Waals surface area contributed by atoms with E-state index in [0.29, 0.717) is 28.7 Å².